The second kappa shape index (κ2) is 9.02. The van der Waals surface area contributed by atoms with Gasteiger partial charge >= 0.3 is 0 Å². The van der Waals surface area contributed by atoms with E-state index in [1.54, 1.807) is 0 Å². The fourth-order valence-electron chi connectivity index (χ4n) is 3.54. The van der Waals surface area contributed by atoms with E-state index in [-0.39, 0.29) is 24.4 Å². The molecule has 2 saturated heterocycles. The Balaban J connectivity index is 0.00000208. The van der Waals surface area contributed by atoms with Crippen molar-refractivity contribution in [2.45, 2.75) is 37.5 Å². The van der Waals surface area contributed by atoms with Crippen LogP contribution in [0.2, 0.25) is 5.02 Å². The van der Waals surface area contributed by atoms with Crippen molar-refractivity contribution in [2.75, 3.05) is 26.2 Å². The van der Waals surface area contributed by atoms with Gasteiger partial charge in [0.2, 0.25) is 5.91 Å². The Morgan fingerprint density at radius 3 is 2.58 bits per heavy atom. The first-order valence-corrected chi connectivity index (χ1v) is 8.63. The molecule has 3 rings (SSSR count). The third-order valence-electron chi connectivity index (χ3n) is 4.82. The van der Waals surface area contributed by atoms with Crippen LogP contribution in [0.25, 0.3) is 0 Å². The van der Waals surface area contributed by atoms with E-state index in [2.05, 4.69) is 22.3 Å². The fraction of sp³-hybridized carbons (Fsp3) is 0.588. The highest BCUT2D eigenvalue weighted by atomic mass is 35.5. The molecular weight excluding hydrogens is 349 g/mol. The standard InChI is InChI=1S/C17H24ClN3O2.ClH/c18-13-3-1-12(2-4-13)9-15-11-23-16(17(19)22)10-21(15)14-5-7-20-8-6-14;/h1-4,14-16,20H,5-11H2,(H2,19,22);1H/t15-,16-;/m0./s1. The summed E-state index contributed by atoms with van der Waals surface area (Å²) < 4.78 is 5.71. The molecule has 2 aliphatic heterocycles. The number of primary amides is 1. The van der Waals surface area contributed by atoms with Crippen LogP contribution in [-0.2, 0) is 16.0 Å². The van der Waals surface area contributed by atoms with Crippen LogP contribution < -0.4 is 11.1 Å². The molecule has 7 heteroatoms. The molecule has 24 heavy (non-hydrogen) atoms. The van der Waals surface area contributed by atoms with Gasteiger partial charge in [0.15, 0.2) is 0 Å². The SMILES string of the molecule is Cl.NC(=O)[C@@H]1CN(C2CCNCC2)[C@@H](Cc2ccc(Cl)cc2)CO1. The van der Waals surface area contributed by atoms with Gasteiger partial charge in [0, 0.05) is 23.7 Å². The third kappa shape index (κ3) is 4.83. The van der Waals surface area contributed by atoms with Crippen molar-refractivity contribution in [1.29, 1.82) is 0 Å². The van der Waals surface area contributed by atoms with E-state index in [1.807, 2.05) is 12.1 Å². The first kappa shape index (κ1) is 19.5. The zero-order valence-electron chi connectivity index (χ0n) is 13.6. The summed E-state index contributed by atoms with van der Waals surface area (Å²) >= 11 is 5.97. The number of nitrogens with one attached hydrogen (secondary N) is 1. The summed E-state index contributed by atoms with van der Waals surface area (Å²) in [6.45, 7) is 3.19. The van der Waals surface area contributed by atoms with Crippen molar-refractivity contribution in [3.63, 3.8) is 0 Å². The van der Waals surface area contributed by atoms with Crippen LogP contribution in [0.1, 0.15) is 18.4 Å². The van der Waals surface area contributed by atoms with Crippen LogP contribution in [0.4, 0.5) is 0 Å². The molecule has 1 aromatic carbocycles. The lowest BCUT2D eigenvalue weighted by atomic mass is 9.97. The minimum atomic E-state index is -0.494. The van der Waals surface area contributed by atoms with Crippen LogP contribution in [-0.4, -0.2) is 55.2 Å². The van der Waals surface area contributed by atoms with E-state index in [1.165, 1.54) is 5.56 Å². The molecule has 2 aliphatic rings. The number of rotatable bonds is 4. The van der Waals surface area contributed by atoms with Gasteiger partial charge in [-0.2, -0.15) is 0 Å². The topological polar surface area (TPSA) is 67.6 Å². The number of hydrogen-bond acceptors (Lipinski definition) is 4. The average Bonchev–Trinajstić information content (AvgIpc) is 2.58. The molecule has 2 fully saturated rings. The molecule has 0 saturated carbocycles. The quantitative estimate of drug-likeness (QED) is 0.841. The lowest BCUT2D eigenvalue weighted by Gasteiger charge is -2.44. The van der Waals surface area contributed by atoms with Gasteiger partial charge in [0.05, 0.1) is 6.61 Å². The molecule has 3 N–H and O–H groups in total. The Bertz CT molecular complexity index is 535. The van der Waals surface area contributed by atoms with Crippen LogP contribution in [0.15, 0.2) is 24.3 Å². The first-order chi connectivity index (χ1) is 11.1. The fourth-order valence-corrected chi connectivity index (χ4v) is 3.67. The number of amides is 1. The van der Waals surface area contributed by atoms with Crippen molar-refractivity contribution in [3.8, 4) is 0 Å². The van der Waals surface area contributed by atoms with Crippen molar-refractivity contribution in [3.05, 3.63) is 34.9 Å². The highest BCUT2D eigenvalue weighted by molar-refractivity contribution is 6.30. The molecule has 2 heterocycles. The van der Waals surface area contributed by atoms with Crippen LogP contribution in [0.5, 0.6) is 0 Å². The van der Waals surface area contributed by atoms with Crippen molar-refractivity contribution in [1.82, 2.24) is 10.2 Å². The number of ether oxygens (including phenoxy) is 1. The number of carbonyl (C=O) groups excluding carboxylic acids is 1. The number of morpholine rings is 1. The highest BCUT2D eigenvalue weighted by Crippen LogP contribution is 2.23. The average molecular weight is 374 g/mol. The van der Waals surface area contributed by atoms with Crippen molar-refractivity contribution >= 4 is 29.9 Å². The zero-order chi connectivity index (χ0) is 16.2. The molecule has 0 spiro atoms. The normalized spacial score (nSPS) is 25.9. The number of nitrogens with two attached hydrogens (primary N) is 1. The number of nitrogens with zero attached hydrogens (tertiary/aromatic N) is 1. The second-order valence-corrected chi connectivity index (χ2v) is 6.82. The van der Waals surface area contributed by atoms with E-state index in [0.717, 1.165) is 37.4 Å². The Hall–Kier alpha value is -0.850. The molecule has 0 aliphatic carbocycles. The summed E-state index contributed by atoms with van der Waals surface area (Å²) in [4.78, 5) is 14.0. The van der Waals surface area contributed by atoms with Gasteiger partial charge in [-0.25, -0.2) is 0 Å². The van der Waals surface area contributed by atoms with E-state index < -0.39 is 6.10 Å². The molecule has 0 unspecified atom stereocenters. The predicted molar refractivity (Wildman–Crippen MR) is 97.7 cm³/mol. The monoisotopic (exact) mass is 373 g/mol. The van der Waals surface area contributed by atoms with Gasteiger partial charge < -0.3 is 15.8 Å². The van der Waals surface area contributed by atoms with Gasteiger partial charge in [0.25, 0.3) is 0 Å². The summed E-state index contributed by atoms with van der Waals surface area (Å²) in [5.74, 6) is -0.367. The zero-order valence-corrected chi connectivity index (χ0v) is 15.2. The molecule has 134 valence electrons. The Labute approximate surface area is 154 Å². The highest BCUT2D eigenvalue weighted by Gasteiger charge is 2.36. The smallest absolute Gasteiger partial charge is 0.247 e. The van der Waals surface area contributed by atoms with Gasteiger partial charge in [-0.05, 0) is 50.0 Å². The number of benzene rings is 1. The summed E-state index contributed by atoms with van der Waals surface area (Å²) in [5, 5.41) is 4.14. The van der Waals surface area contributed by atoms with Crippen LogP contribution in [0, 0.1) is 0 Å². The number of halogens is 2. The number of hydrogen-bond donors (Lipinski definition) is 2. The summed E-state index contributed by atoms with van der Waals surface area (Å²) in [6.07, 6.45) is 2.60. The third-order valence-corrected chi connectivity index (χ3v) is 5.07. The van der Waals surface area contributed by atoms with Gasteiger partial charge in [-0.1, -0.05) is 23.7 Å². The molecule has 5 nitrogen and oxygen atoms in total. The van der Waals surface area contributed by atoms with Gasteiger partial charge in [-0.3, -0.25) is 9.69 Å². The Kier molecular flexibility index (Phi) is 7.32. The van der Waals surface area contributed by atoms with E-state index in [0.29, 0.717) is 19.2 Å². The summed E-state index contributed by atoms with van der Waals surface area (Å²) in [6, 6.07) is 8.71. The summed E-state index contributed by atoms with van der Waals surface area (Å²) in [7, 11) is 0. The minimum Gasteiger partial charge on any atom is -0.367 e. The lowest BCUT2D eigenvalue weighted by Crippen LogP contribution is -2.59. The largest absolute Gasteiger partial charge is 0.367 e. The second-order valence-electron chi connectivity index (χ2n) is 6.39. The van der Waals surface area contributed by atoms with Gasteiger partial charge in [-0.15, -0.1) is 12.4 Å². The van der Waals surface area contributed by atoms with E-state index >= 15 is 0 Å². The Morgan fingerprint density at radius 2 is 1.96 bits per heavy atom. The number of piperidine rings is 1. The molecule has 2 atom stereocenters. The Morgan fingerprint density at radius 1 is 1.29 bits per heavy atom. The minimum absolute atomic E-state index is 0. The molecule has 1 amide bonds. The predicted octanol–water partition coefficient (Wildman–Crippen LogP) is 1.61. The van der Waals surface area contributed by atoms with Crippen LogP contribution >= 0.6 is 24.0 Å². The molecular formula is C17H25Cl2N3O2. The van der Waals surface area contributed by atoms with Crippen molar-refractivity contribution < 1.29 is 9.53 Å². The van der Waals surface area contributed by atoms with E-state index in [9.17, 15) is 4.79 Å². The van der Waals surface area contributed by atoms with Crippen LogP contribution in [0.3, 0.4) is 0 Å². The summed E-state index contributed by atoms with van der Waals surface area (Å²) in [5.41, 5.74) is 6.69. The molecule has 0 bridgehead atoms. The molecule has 1 aromatic rings. The molecule has 0 radical (unpaired) electrons. The maximum Gasteiger partial charge on any atom is 0.247 e. The maximum atomic E-state index is 11.5. The first-order valence-electron chi connectivity index (χ1n) is 8.25. The number of carbonyl (C=O) groups is 1. The lowest BCUT2D eigenvalue weighted by molar-refractivity contribution is -0.141. The maximum absolute atomic E-state index is 11.5. The molecule has 0 aromatic heterocycles. The van der Waals surface area contributed by atoms with E-state index in [4.69, 9.17) is 22.1 Å². The van der Waals surface area contributed by atoms with Gasteiger partial charge in [0.1, 0.15) is 6.10 Å². The van der Waals surface area contributed by atoms with Crippen molar-refractivity contribution in [2.24, 2.45) is 5.73 Å².